The molecule has 0 aliphatic carbocycles. The molecular formula is C22H25NO6. The number of methoxy groups -OCH3 is 1. The molecule has 29 heavy (non-hydrogen) atoms. The summed E-state index contributed by atoms with van der Waals surface area (Å²) in [6, 6.07) is 12.2. The van der Waals surface area contributed by atoms with Gasteiger partial charge in [-0.25, -0.2) is 9.59 Å². The topological polar surface area (TPSA) is 90.9 Å². The molecule has 0 unspecified atom stereocenters. The Kier molecular flexibility index (Phi) is 7.77. The Morgan fingerprint density at radius 2 is 1.69 bits per heavy atom. The van der Waals surface area contributed by atoms with Gasteiger partial charge in [0.05, 0.1) is 12.7 Å². The van der Waals surface area contributed by atoms with Gasteiger partial charge in [0.1, 0.15) is 5.75 Å². The number of carbonyl (C=O) groups excluding carboxylic acids is 3. The molecule has 0 saturated heterocycles. The first kappa shape index (κ1) is 21.9. The first-order chi connectivity index (χ1) is 13.8. The quantitative estimate of drug-likeness (QED) is 0.684. The van der Waals surface area contributed by atoms with Crippen LogP contribution in [-0.4, -0.2) is 38.2 Å². The average Bonchev–Trinajstić information content (AvgIpc) is 2.72. The molecule has 2 rings (SSSR count). The molecule has 7 heteroatoms. The van der Waals surface area contributed by atoms with Crippen LogP contribution in [0.25, 0.3) is 0 Å². The van der Waals surface area contributed by atoms with Crippen molar-refractivity contribution in [1.29, 1.82) is 0 Å². The fraction of sp³-hybridized carbons (Fsp3) is 0.318. The third-order valence-corrected chi connectivity index (χ3v) is 4.20. The van der Waals surface area contributed by atoms with Gasteiger partial charge in [-0.2, -0.15) is 0 Å². The number of amides is 1. The molecule has 0 saturated carbocycles. The van der Waals surface area contributed by atoms with Gasteiger partial charge in [-0.05, 0) is 48.2 Å². The smallest absolute Gasteiger partial charge is 0.344 e. The van der Waals surface area contributed by atoms with Crippen molar-refractivity contribution in [2.24, 2.45) is 0 Å². The van der Waals surface area contributed by atoms with Crippen molar-refractivity contribution in [2.75, 3.05) is 25.6 Å². The van der Waals surface area contributed by atoms with Crippen molar-refractivity contribution in [3.63, 3.8) is 0 Å². The fourth-order valence-electron chi connectivity index (χ4n) is 2.47. The zero-order valence-electron chi connectivity index (χ0n) is 17.0. The van der Waals surface area contributed by atoms with Crippen molar-refractivity contribution in [1.82, 2.24) is 0 Å². The molecule has 1 amide bonds. The Bertz CT molecular complexity index is 873. The second-order valence-electron chi connectivity index (χ2n) is 6.74. The van der Waals surface area contributed by atoms with Crippen LogP contribution < -0.4 is 10.1 Å². The van der Waals surface area contributed by atoms with E-state index < -0.39 is 24.5 Å². The second kappa shape index (κ2) is 10.3. The number of anilines is 1. The number of hydrogen-bond donors (Lipinski definition) is 1. The lowest BCUT2D eigenvalue weighted by atomic mass is 10.0. The van der Waals surface area contributed by atoms with Crippen LogP contribution in [0.1, 0.15) is 41.3 Å². The SMILES string of the molecule is COC(=O)c1ccc(C)c(NC(=O)COC(=O)COc2ccc(C(C)C)cc2)c1. The van der Waals surface area contributed by atoms with E-state index >= 15 is 0 Å². The molecule has 0 bridgehead atoms. The maximum absolute atomic E-state index is 12.1. The predicted molar refractivity (Wildman–Crippen MR) is 108 cm³/mol. The molecule has 0 spiro atoms. The van der Waals surface area contributed by atoms with Crippen LogP contribution in [0.15, 0.2) is 42.5 Å². The molecule has 2 aromatic carbocycles. The minimum absolute atomic E-state index is 0.300. The first-order valence-electron chi connectivity index (χ1n) is 9.17. The summed E-state index contributed by atoms with van der Waals surface area (Å²) in [5, 5.41) is 2.61. The fourth-order valence-corrected chi connectivity index (χ4v) is 2.47. The van der Waals surface area contributed by atoms with Crippen LogP contribution in [0.2, 0.25) is 0 Å². The summed E-state index contributed by atoms with van der Waals surface area (Å²) in [6.45, 7) is 5.19. The van der Waals surface area contributed by atoms with E-state index in [9.17, 15) is 14.4 Å². The summed E-state index contributed by atoms with van der Waals surface area (Å²) in [7, 11) is 1.28. The maximum Gasteiger partial charge on any atom is 0.344 e. The van der Waals surface area contributed by atoms with E-state index in [1.54, 1.807) is 31.2 Å². The van der Waals surface area contributed by atoms with Crippen LogP contribution in [0.3, 0.4) is 0 Å². The molecule has 154 valence electrons. The molecule has 0 atom stereocenters. The van der Waals surface area contributed by atoms with Gasteiger partial charge in [-0.3, -0.25) is 4.79 Å². The van der Waals surface area contributed by atoms with Crippen molar-refractivity contribution < 1.29 is 28.6 Å². The lowest BCUT2D eigenvalue weighted by molar-refractivity contribution is -0.149. The van der Waals surface area contributed by atoms with Gasteiger partial charge in [-0.1, -0.05) is 32.0 Å². The molecule has 0 fully saturated rings. The Hall–Kier alpha value is -3.35. The number of esters is 2. The molecule has 2 aromatic rings. The highest BCUT2D eigenvalue weighted by molar-refractivity contribution is 5.96. The molecule has 0 aliphatic heterocycles. The number of benzene rings is 2. The zero-order chi connectivity index (χ0) is 21.4. The maximum atomic E-state index is 12.1. The molecule has 0 radical (unpaired) electrons. The molecule has 7 nitrogen and oxygen atoms in total. The summed E-state index contributed by atoms with van der Waals surface area (Å²) in [6.07, 6.45) is 0. The zero-order valence-corrected chi connectivity index (χ0v) is 17.0. The van der Waals surface area contributed by atoms with Gasteiger partial charge < -0.3 is 19.5 Å². The van der Waals surface area contributed by atoms with E-state index in [4.69, 9.17) is 9.47 Å². The predicted octanol–water partition coefficient (Wildman–Crippen LogP) is 3.47. The Morgan fingerprint density at radius 1 is 1.00 bits per heavy atom. The lowest BCUT2D eigenvalue weighted by Crippen LogP contribution is -2.24. The average molecular weight is 399 g/mol. The first-order valence-corrected chi connectivity index (χ1v) is 9.17. The number of aryl methyl sites for hydroxylation is 1. The molecule has 0 aliphatic rings. The Labute approximate surface area is 170 Å². The summed E-state index contributed by atoms with van der Waals surface area (Å²) < 4.78 is 15.0. The summed E-state index contributed by atoms with van der Waals surface area (Å²) >= 11 is 0. The molecule has 0 heterocycles. The third-order valence-electron chi connectivity index (χ3n) is 4.20. The Balaban J connectivity index is 1.81. The minimum atomic E-state index is -0.659. The van der Waals surface area contributed by atoms with Crippen LogP contribution >= 0.6 is 0 Å². The van der Waals surface area contributed by atoms with E-state index in [-0.39, 0.29) is 6.61 Å². The van der Waals surface area contributed by atoms with Gasteiger partial charge in [0.2, 0.25) is 0 Å². The van der Waals surface area contributed by atoms with E-state index in [1.807, 2.05) is 12.1 Å². The van der Waals surface area contributed by atoms with Gasteiger partial charge in [0.15, 0.2) is 13.2 Å². The highest BCUT2D eigenvalue weighted by Crippen LogP contribution is 2.19. The van der Waals surface area contributed by atoms with E-state index in [1.165, 1.54) is 18.7 Å². The van der Waals surface area contributed by atoms with Gasteiger partial charge in [0, 0.05) is 5.69 Å². The molecular weight excluding hydrogens is 374 g/mol. The van der Waals surface area contributed by atoms with Crippen molar-refractivity contribution >= 4 is 23.5 Å². The second-order valence-corrected chi connectivity index (χ2v) is 6.74. The van der Waals surface area contributed by atoms with E-state index in [0.717, 1.165) is 5.56 Å². The van der Waals surface area contributed by atoms with Crippen molar-refractivity contribution in [3.8, 4) is 5.75 Å². The van der Waals surface area contributed by atoms with E-state index in [2.05, 4.69) is 23.9 Å². The monoisotopic (exact) mass is 399 g/mol. The summed E-state index contributed by atoms with van der Waals surface area (Å²) in [5.41, 5.74) is 2.67. The largest absolute Gasteiger partial charge is 0.482 e. The standard InChI is InChI=1S/C22H25NO6/c1-14(2)16-7-9-18(10-8-16)28-13-21(25)29-12-20(24)23-19-11-17(22(26)27-4)6-5-15(19)3/h5-11,14H,12-13H2,1-4H3,(H,23,24). The van der Waals surface area contributed by atoms with Crippen LogP contribution in [-0.2, 0) is 19.1 Å². The van der Waals surface area contributed by atoms with Crippen molar-refractivity contribution in [2.45, 2.75) is 26.7 Å². The number of nitrogens with one attached hydrogen (secondary N) is 1. The summed E-state index contributed by atoms with van der Waals surface area (Å²) in [4.78, 5) is 35.5. The normalized spacial score (nSPS) is 10.4. The minimum Gasteiger partial charge on any atom is -0.482 e. The highest BCUT2D eigenvalue weighted by atomic mass is 16.6. The van der Waals surface area contributed by atoms with Gasteiger partial charge >= 0.3 is 11.9 Å². The van der Waals surface area contributed by atoms with Crippen molar-refractivity contribution in [3.05, 3.63) is 59.2 Å². The molecule has 0 aromatic heterocycles. The number of hydrogen-bond acceptors (Lipinski definition) is 6. The number of carbonyl (C=O) groups is 3. The molecule has 1 N–H and O–H groups in total. The van der Waals surface area contributed by atoms with E-state index in [0.29, 0.717) is 22.9 Å². The number of ether oxygens (including phenoxy) is 3. The third kappa shape index (κ3) is 6.64. The Morgan fingerprint density at radius 3 is 2.31 bits per heavy atom. The van der Waals surface area contributed by atoms with Gasteiger partial charge in [0.25, 0.3) is 5.91 Å². The van der Waals surface area contributed by atoms with Crippen LogP contribution in [0.5, 0.6) is 5.75 Å². The highest BCUT2D eigenvalue weighted by Gasteiger charge is 2.12. The summed E-state index contributed by atoms with van der Waals surface area (Å²) in [5.74, 6) is -0.737. The van der Waals surface area contributed by atoms with Crippen LogP contribution in [0, 0.1) is 6.92 Å². The lowest BCUT2D eigenvalue weighted by Gasteiger charge is -2.11. The number of rotatable bonds is 8. The van der Waals surface area contributed by atoms with Gasteiger partial charge in [-0.15, -0.1) is 0 Å². The van der Waals surface area contributed by atoms with Crippen LogP contribution in [0.4, 0.5) is 5.69 Å².